The molecule has 2 unspecified atom stereocenters. The first-order valence-electron chi connectivity index (χ1n) is 10.1. The van der Waals surface area contributed by atoms with Crippen molar-refractivity contribution in [3.63, 3.8) is 0 Å². The Labute approximate surface area is 184 Å². The molecule has 0 radical (unpaired) electrons. The number of alkyl halides is 3. The van der Waals surface area contributed by atoms with E-state index in [1.165, 1.54) is 0 Å². The van der Waals surface area contributed by atoms with Crippen molar-refractivity contribution in [2.24, 2.45) is 11.7 Å². The average Bonchev–Trinajstić information content (AvgIpc) is 2.71. The van der Waals surface area contributed by atoms with Crippen LogP contribution in [0.4, 0.5) is 13.2 Å². The van der Waals surface area contributed by atoms with Crippen LogP contribution in [0.25, 0.3) is 0 Å². The van der Waals surface area contributed by atoms with Gasteiger partial charge in [-0.25, -0.2) is 4.98 Å². The summed E-state index contributed by atoms with van der Waals surface area (Å²) in [6.07, 6.45) is -4.02. The van der Waals surface area contributed by atoms with Gasteiger partial charge in [0.05, 0.1) is 6.04 Å². The molecular weight excluding hydrogens is 423 g/mol. The van der Waals surface area contributed by atoms with E-state index in [1.54, 1.807) is 0 Å². The maximum absolute atomic E-state index is 13.0. The van der Waals surface area contributed by atoms with Crippen LogP contribution in [0.15, 0.2) is 30.3 Å². The molecule has 32 heavy (non-hydrogen) atoms. The molecule has 172 valence electrons. The number of halogens is 3. The number of nitrogens with one attached hydrogen (secondary N) is 1. The first-order valence-corrected chi connectivity index (χ1v) is 10.1. The number of hydrogen-bond acceptors (Lipinski definition) is 5. The molecular formula is C23H26F3N3O3. The number of hydrogen-bond donors (Lipinski definition) is 2. The SMILES string of the molecule is Cc1cc(C)c(C(N)C(=O)C(CC=O)CCNC(=O)c2cccc(C(F)(F)F)n2)c(C)c1. The lowest BCUT2D eigenvalue weighted by molar-refractivity contribution is -0.141. The van der Waals surface area contributed by atoms with Crippen molar-refractivity contribution in [2.75, 3.05) is 6.54 Å². The van der Waals surface area contributed by atoms with Gasteiger partial charge in [0.15, 0.2) is 5.78 Å². The molecule has 0 fully saturated rings. The summed E-state index contributed by atoms with van der Waals surface area (Å²) < 4.78 is 38.3. The Morgan fingerprint density at radius 1 is 1.16 bits per heavy atom. The number of nitrogens with zero attached hydrogens (tertiary/aromatic N) is 1. The molecule has 2 aromatic rings. The van der Waals surface area contributed by atoms with E-state index in [2.05, 4.69) is 10.3 Å². The second kappa shape index (κ2) is 10.5. The lowest BCUT2D eigenvalue weighted by Gasteiger charge is -2.22. The van der Waals surface area contributed by atoms with Gasteiger partial charge in [-0.05, 0) is 56.0 Å². The van der Waals surface area contributed by atoms with Crippen molar-refractivity contribution in [1.82, 2.24) is 10.3 Å². The van der Waals surface area contributed by atoms with E-state index >= 15 is 0 Å². The van der Waals surface area contributed by atoms with Crippen molar-refractivity contribution < 1.29 is 27.6 Å². The fourth-order valence-corrected chi connectivity index (χ4v) is 3.74. The molecule has 0 saturated carbocycles. The van der Waals surface area contributed by atoms with Crippen LogP contribution in [0.5, 0.6) is 0 Å². The number of Topliss-reactive ketones (excluding diaryl/α,β-unsaturated/α-hetero) is 1. The molecule has 2 rings (SSSR count). The highest BCUT2D eigenvalue weighted by molar-refractivity contribution is 5.92. The van der Waals surface area contributed by atoms with Gasteiger partial charge in [-0.3, -0.25) is 9.59 Å². The van der Waals surface area contributed by atoms with Crippen molar-refractivity contribution in [3.8, 4) is 0 Å². The number of rotatable bonds is 9. The molecule has 0 aliphatic heterocycles. The Morgan fingerprint density at radius 3 is 2.34 bits per heavy atom. The summed E-state index contributed by atoms with van der Waals surface area (Å²) in [5, 5.41) is 2.45. The zero-order valence-electron chi connectivity index (χ0n) is 18.1. The van der Waals surface area contributed by atoms with Gasteiger partial charge >= 0.3 is 6.18 Å². The lowest BCUT2D eigenvalue weighted by atomic mass is 9.85. The number of carbonyl (C=O) groups is 3. The van der Waals surface area contributed by atoms with Gasteiger partial charge in [-0.15, -0.1) is 0 Å². The largest absolute Gasteiger partial charge is 0.433 e. The highest BCUT2D eigenvalue weighted by Crippen LogP contribution is 2.28. The highest BCUT2D eigenvalue weighted by Gasteiger charge is 2.33. The molecule has 9 heteroatoms. The molecule has 1 heterocycles. The number of aromatic nitrogens is 1. The number of nitrogens with two attached hydrogens (primary N) is 1. The van der Waals surface area contributed by atoms with Crippen LogP contribution in [0.3, 0.4) is 0 Å². The zero-order valence-corrected chi connectivity index (χ0v) is 18.1. The molecule has 1 aromatic carbocycles. The van der Waals surface area contributed by atoms with Crippen LogP contribution in [0.2, 0.25) is 0 Å². The van der Waals surface area contributed by atoms with Crippen LogP contribution in [-0.2, 0) is 15.8 Å². The minimum Gasteiger partial charge on any atom is -0.351 e. The molecule has 1 amide bonds. The molecule has 0 saturated heterocycles. The van der Waals surface area contributed by atoms with Crippen LogP contribution in [0, 0.1) is 26.7 Å². The topological polar surface area (TPSA) is 102 Å². The van der Waals surface area contributed by atoms with Crippen molar-refractivity contribution in [1.29, 1.82) is 0 Å². The second-order valence-corrected chi connectivity index (χ2v) is 7.74. The number of carbonyl (C=O) groups excluding carboxylic acids is 3. The van der Waals surface area contributed by atoms with Crippen molar-refractivity contribution in [2.45, 2.75) is 45.8 Å². The van der Waals surface area contributed by atoms with Crippen LogP contribution >= 0.6 is 0 Å². The summed E-state index contributed by atoms with van der Waals surface area (Å²) in [6.45, 7) is 5.63. The Bertz CT molecular complexity index is 982. The molecule has 2 atom stereocenters. The minimum absolute atomic E-state index is 0.0282. The molecule has 0 aliphatic carbocycles. The van der Waals surface area contributed by atoms with Crippen LogP contribution in [0.1, 0.15) is 57.3 Å². The maximum atomic E-state index is 13.0. The third-order valence-electron chi connectivity index (χ3n) is 5.19. The molecule has 1 aromatic heterocycles. The minimum atomic E-state index is -4.67. The van der Waals surface area contributed by atoms with E-state index in [0.29, 0.717) is 11.8 Å². The van der Waals surface area contributed by atoms with E-state index in [9.17, 15) is 27.6 Å². The van der Waals surface area contributed by atoms with Crippen LogP contribution < -0.4 is 11.1 Å². The van der Waals surface area contributed by atoms with Gasteiger partial charge in [-0.1, -0.05) is 23.8 Å². The van der Waals surface area contributed by atoms with E-state index in [4.69, 9.17) is 5.73 Å². The Morgan fingerprint density at radius 2 is 1.78 bits per heavy atom. The third kappa shape index (κ3) is 6.23. The second-order valence-electron chi connectivity index (χ2n) is 7.74. The van der Waals surface area contributed by atoms with Crippen molar-refractivity contribution >= 4 is 18.0 Å². The summed E-state index contributed by atoms with van der Waals surface area (Å²) in [7, 11) is 0. The van der Waals surface area contributed by atoms with Crippen molar-refractivity contribution in [3.05, 3.63) is 64.0 Å². The van der Waals surface area contributed by atoms with E-state index < -0.39 is 29.7 Å². The highest BCUT2D eigenvalue weighted by atomic mass is 19.4. The summed E-state index contributed by atoms with van der Waals surface area (Å²) in [6, 6.07) is 5.94. The van der Waals surface area contributed by atoms with Gasteiger partial charge in [0.2, 0.25) is 0 Å². The van der Waals surface area contributed by atoms with Gasteiger partial charge < -0.3 is 15.8 Å². The van der Waals surface area contributed by atoms with E-state index in [-0.39, 0.29) is 30.9 Å². The van der Waals surface area contributed by atoms with Gasteiger partial charge in [0, 0.05) is 18.9 Å². The Kier molecular flexibility index (Phi) is 8.26. The molecule has 0 spiro atoms. The number of pyridine rings is 1. The molecule has 6 nitrogen and oxygen atoms in total. The number of aryl methyl sites for hydroxylation is 3. The van der Waals surface area contributed by atoms with E-state index in [1.807, 2.05) is 32.9 Å². The van der Waals surface area contributed by atoms with E-state index in [0.717, 1.165) is 34.9 Å². The summed E-state index contributed by atoms with van der Waals surface area (Å²) in [4.78, 5) is 39.6. The number of benzene rings is 1. The maximum Gasteiger partial charge on any atom is 0.433 e. The lowest BCUT2D eigenvalue weighted by Crippen LogP contribution is -2.33. The first-order chi connectivity index (χ1) is 15.0. The quantitative estimate of drug-likeness (QED) is 0.570. The third-order valence-corrected chi connectivity index (χ3v) is 5.19. The van der Waals surface area contributed by atoms with Gasteiger partial charge in [0.1, 0.15) is 17.7 Å². The summed E-state index contributed by atoms with van der Waals surface area (Å²) in [5.41, 5.74) is 8.16. The molecule has 0 bridgehead atoms. The fraction of sp³-hybridized carbons (Fsp3) is 0.391. The summed E-state index contributed by atoms with van der Waals surface area (Å²) in [5.74, 6) is -1.88. The van der Waals surface area contributed by atoms with Gasteiger partial charge in [0.25, 0.3) is 5.91 Å². The number of aldehydes is 1. The summed E-state index contributed by atoms with van der Waals surface area (Å²) >= 11 is 0. The average molecular weight is 449 g/mol. The van der Waals surface area contributed by atoms with Gasteiger partial charge in [-0.2, -0.15) is 13.2 Å². The zero-order chi connectivity index (χ0) is 24.1. The fourth-order valence-electron chi connectivity index (χ4n) is 3.74. The molecule has 3 N–H and O–H groups in total. The smallest absolute Gasteiger partial charge is 0.351 e. The first kappa shape index (κ1) is 25.2. The molecule has 0 aliphatic rings. The standard InChI is InChI=1S/C23H26F3N3O3/c1-13-11-14(2)19(15(3)12-13)20(27)21(31)16(8-10-30)7-9-28-22(32)17-5-4-6-18(29-17)23(24,25)26/h4-6,10-12,16,20H,7-9,27H2,1-3H3,(H,28,32). The predicted octanol–water partition coefficient (Wildman–Crippen LogP) is 3.62. The monoisotopic (exact) mass is 449 g/mol. The normalized spacial score (nSPS) is 13.3. The van der Waals surface area contributed by atoms with Crippen LogP contribution in [-0.4, -0.2) is 29.5 Å². The Hall–Kier alpha value is -3.07. The Balaban J connectivity index is 2.07. The number of ketones is 1. The number of amides is 1. The predicted molar refractivity (Wildman–Crippen MR) is 113 cm³/mol.